The van der Waals surface area contributed by atoms with Crippen LogP contribution in [0.2, 0.25) is 0 Å². The summed E-state index contributed by atoms with van der Waals surface area (Å²) < 4.78 is 0. The van der Waals surface area contributed by atoms with Gasteiger partial charge in [0.05, 0.1) is 4.88 Å². The number of carbonyl (C=O) groups excluding carboxylic acids is 3. The molecule has 0 radical (unpaired) electrons. The lowest BCUT2D eigenvalue weighted by Gasteiger charge is -2.31. The molecule has 0 bridgehead atoms. The van der Waals surface area contributed by atoms with Gasteiger partial charge in [0.2, 0.25) is 11.8 Å². The predicted molar refractivity (Wildman–Crippen MR) is 58.0 cm³/mol. The summed E-state index contributed by atoms with van der Waals surface area (Å²) in [5.41, 5.74) is 0. The molecule has 84 valence electrons. The van der Waals surface area contributed by atoms with Crippen LogP contribution in [0.1, 0.15) is 16.6 Å². The maximum atomic E-state index is 12.0. The molecule has 1 aliphatic rings. The zero-order valence-electron chi connectivity index (χ0n) is 8.60. The van der Waals surface area contributed by atoms with Gasteiger partial charge in [-0.15, -0.1) is 11.3 Å². The zero-order chi connectivity index (χ0) is 11.7. The topological polar surface area (TPSA) is 66.5 Å². The van der Waals surface area contributed by atoms with Crippen LogP contribution in [0.4, 0.5) is 0 Å². The first kappa shape index (κ1) is 10.8. The Hall–Kier alpha value is -1.69. The molecule has 6 heteroatoms. The summed E-state index contributed by atoms with van der Waals surface area (Å²) in [6, 6.07) is 2.83. The molecule has 1 aromatic rings. The van der Waals surface area contributed by atoms with Crippen molar-refractivity contribution < 1.29 is 14.4 Å². The Kier molecular flexibility index (Phi) is 2.74. The van der Waals surface area contributed by atoms with Crippen LogP contribution in [0.25, 0.3) is 0 Å². The SMILES string of the molecule is CC1C(=O)NC(=O)CN1C(=O)c1cccs1. The lowest BCUT2D eigenvalue weighted by molar-refractivity contribution is -0.138. The minimum Gasteiger partial charge on any atom is -0.317 e. The summed E-state index contributed by atoms with van der Waals surface area (Å²) in [7, 11) is 0. The standard InChI is InChI=1S/C10H10N2O3S/c1-6-9(14)11-8(13)5-12(6)10(15)7-3-2-4-16-7/h2-4,6H,5H2,1H3,(H,11,13,14). The smallest absolute Gasteiger partial charge is 0.265 e. The van der Waals surface area contributed by atoms with E-state index in [2.05, 4.69) is 5.32 Å². The number of thiophene rings is 1. The van der Waals surface area contributed by atoms with E-state index in [-0.39, 0.29) is 12.5 Å². The van der Waals surface area contributed by atoms with Crippen LogP contribution < -0.4 is 5.32 Å². The van der Waals surface area contributed by atoms with Crippen LogP contribution in [0.15, 0.2) is 17.5 Å². The molecule has 1 saturated heterocycles. The quantitative estimate of drug-likeness (QED) is 0.712. The summed E-state index contributed by atoms with van der Waals surface area (Å²) in [5, 5.41) is 3.97. The highest BCUT2D eigenvalue weighted by Gasteiger charge is 2.34. The Morgan fingerprint density at radius 2 is 2.31 bits per heavy atom. The fraction of sp³-hybridized carbons (Fsp3) is 0.300. The van der Waals surface area contributed by atoms with Crippen molar-refractivity contribution in [3.05, 3.63) is 22.4 Å². The Balaban J connectivity index is 2.23. The highest BCUT2D eigenvalue weighted by Crippen LogP contribution is 2.15. The van der Waals surface area contributed by atoms with Gasteiger partial charge in [0.25, 0.3) is 5.91 Å². The Morgan fingerprint density at radius 1 is 1.56 bits per heavy atom. The van der Waals surface area contributed by atoms with Crippen molar-refractivity contribution in [3.8, 4) is 0 Å². The van der Waals surface area contributed by atoms with Gasteiger partial charge in [-0.1, -0.05) is 6.07 Å². The molecule has 0 aliphatic carbocycles. The summed E-state index contributed by atoms with van der Waals surface area (Å²) >= 11 is 1.29. The highest BCUT2D eigenvalue weighted by atomic mass is 32.1. The van der Waals surface area contributed by atoms with Crippen molar-refractivity contribution in [3.63, 3.8) is 0 Å². The molecule has 0 saturated carbocycles. The first-order valence-corrected chi connectivity index (χ1v) is 5.65. The molecule has 1 aliphatic heterocycles. The molecule has 2 rings (SSSR count). The van der Waals surface area contributed by atoms with Gasteiger partial charge in [0.15, 0.2) is 0 Å². The van der Waals surface area contributed by atoms with E-state index in [4.69, 9.17) is 0 Å². The van der Waals surface area contributed by atoms with E-state index < -0.39 is 17.9 Å². The molecule has 0 spiro atoms. The van der Waals surface area contributed by atoms with Gasteiger partial charge in [0.1, 0.15) is 12.6 Å². The number of rotatable bonds is 1. The third-order valence-corrected chi connectivity index (χ3v) is 3.27. The van der Waals surface area contributed by atoms with Crippen molar-refractivity contribution in [2.45, 2.75) is 13.0 Å². The summed E-state index contributed by atoms with van der Waals surface area (Å²) in [5.74, 6) is -1.14. The summed E-state index contributed by atoms with van der Waals surface area (Å²) in [4.78, 5) is 36.3. The number of nitrogens with one attached hydrogen (secondary N) is 1. The van der Waals surface area contributed by atoms with E-state index in [1.165, 1.54) is 16.2 Å². The monoisotopic (exact) mass is 238 g/mol. The van der Waals surface area contributed by atoms with E-state index in [9.17, 15) is 14.4 Å². The van der Waals surface area contributed by atoms with Crippen LogP contribution in [-0.4, -0.2) is 35.2 Å². The minimum atomic E-state index is -0.604. The van der Waals surface area contributed by atoms with Gasteiger partial charge in [-0.3, -0.25) is 19.7 Å². The molecule has 3 amide bonds. The van der Waals surface area contributed by atoms with Crippen molar-refractivity contribution in [1.29, 1.82) is 0 Å². The summed E-state index contributed by atoms with van der Waals surface area (Å²) in [6.07, 6.45) is 0. The maximum absolute atomic E-state index is 12.0. The molecule has 5 nitrogen and oxygen atoms in total. The van der Waals surface area contributed by atoms with Crippen molar-refractivity contribution in [2.75, 3.05) is 6.54 Å². The van der Waals surface area contributed by atoms with Gasteiger partial charge in [-0.05, 0) is 18.4 Å². The van der Waals surface area contributed by atoms with Crippen LogP contribution in [0.3, 0.4) is 0 Å². The van der Waals surface area contributed by atoms with Crippen molar-refractivity contribution in [2.24, 2.45) is 0 Å². The number of imide groups is 1. The zero-order valence-corrected chi connectivity index (χ0v) is 9.41. The van der Waals surface area contributed by atoms with Gasteiger partial charge < -0.3 is 4.90 Å². The third-order valence-electron chi connectivity index (χ3n) is 2.42. The molecule has 0 aromatic carbocycles. The van der Waals surface area contributed by atoms with E-state index >= 15 is 0 Å². The van der Waals surface area contributed by atoms with Gasteiger partial charge in [-0.25, -0.2) is 0 Å². The second-order valence-electron chi connectivity index (χ2n) is 3.50. The molecule has 1 atom stereocenters. The van der Waals surface area contributed by atoms with Crippen molar-refractivity contribution in [1.82, 2.24) is 10.2 Å². The van der Waals surface area contributed by atoms with Gasteiger partial charge in [-0.2, -0.15) is 0 Å². The Labute approximate surface area is 96.0 Å². The Morgan fingerprint density at radius 3 is 2.94 bits per heavy atom. The predicted octanol–water partition coefficient (Wildman–Crippen LogP) is 0.235. The average Bonchev–Trinajstić information content (AvgIpc) is 2.75. The van der Waals surface area contributed by atoms with E-state index in [1.54, 1.807) is 24.4 Å². The minimum absolute atomic E-state index is 0.0658. The molecule has 1 aromatic heterocycles. The normalized spacial score (nSPS) is 20.8. The van der Waals surface area contributed by atoms with Gasteiger partial charge in [0, 0.05) is 0 Å². The number of hydrogen-bond acceptors (Lipinski definition) is 4. The number of nitrogens with zero attached hydrogens (tertiary/aromatic N) is 1. The lowest BCUT2D eigenvalue weighted by atomic mass is 10.2. The van der Waals surface area contributed by atoms with Crippen LogP contribution in [0, 0.1) is 0 Å². The largest absolute Gasteiger partial charge is 0.317 e. The molecule has 16 heavy (non-hydrogen) atoms. The van der Waals surface area contributed by atoms with Crippen LogP contribution in [-0.2, 0) is 9.59 Å². The highest BCUT2D eigenvalue weighted by molar-refractivity contribution is 7.12. The molecule has 1 fully saturated rings. The molecule has 1 N–H and O–H groups in total. The summed E-state index contributed by atoms with van der Waals surface area (Å²) in [6.45, 7) is 1.54. The maximum Gasteiger partial charge on any atom is 0.265 e. The van der Waals surface area contributed by atoms with E-state index in [1.807, 2.05) is 0 Å². The lowest BCUT2D eigenvalue weighted by Crippen LogP contribution is -2.58. The molecule has 1 unspecified atom stereocenters. The Bertz CT molecular complexity index is 441. The van der Waals surface area contributed by atoms with Crippen LogP contribution >= 0.6 is 11.3 Å². The number of carbonyl (C=O) groups is 3. The average molecular weight is 238 g/mol. The molecular weight excluding hydrogens is 228 g/mol. The van der Waals surface area contributed by atoms with Gasteiger partial charge >= 0.3 is 0 Å². The second kappa shape index (κ2) is 4.05. The number of piperazine rings is 1. The molecule has 2 heterocycles. The van der Waals surface area contributed by atoms with Crippen molar-refractivity contribution >= 4 is 29.1 Å². The second-order valence-corrected chi connectivity index (χ2v) is 4.45. The van der Waals surface area contributed by atoms with E-state index in [0.29, 0.717) is 4.88 Å². The molecular formula is C10H10N2O3S. The van der Waals surface area contributed by atoms with E-state index in [0.717, 1.165) is 0 Å². The fourth-order valence-electron chi connectivity index (χ4n) is 1.50. The number of amides is 3. The fourth-order valence-corrected chi connectivity index (χ4v) is 2.18. The van der Waals surface area contributed by atoms with Crippen LogP contribution in [0.5, 0.6) is 0 Å². The first-order valence-electron chi connectivity index (χ1n) is 4.78. The first-order chi connectivity index (χ1) is 7.59. The number of hydrogen-bond donors (Lipinski definition) is 1. The third kappa shape index (κ3) is 1.83.